The van der Waals surface area contributed by atoms with Crippen molar-refractivity contribution in [3.63, 3.8) is 0 Å². The van der Waals surface area contributed by atoms with Crippen molar-refractivity contribution in [3.05, 3.63) is 0 Å². The summed E-state index contributed by atoms with van der Waals surface area (Å²) >= 11 is 0. The molecular weight excluding hydrogens is 140 g/mol. The van der Waals surface area contributed by atoms with E-state index in [0.29, 0.717) is 13.0 Å². The summed E-state index contributed by atoms with van der Waals surface area (Å²) in [6, 6.07) is 0. The third-order valence-corrected chi connectivity index (χ3v) is 1.42. The molecule has 0 radical (unpaired) electrons. The Balaban J connectivity index is 3.59. The van der Waals surface area contributed by atoms with E-state index in [1.165, 1.54) is 0 Å². The molecule has 0 amide bonds. The van der Waals surface area contributed by atoms with Gasteiger partial charge in [-0.2, -0.15) is 0 Å². The predicted molar refractivity (Wildman–Crippen MR) is 45.2 cm³/mol. The van der Waals surface area contributed by atoms with Gasteiger partial charge in [0.05, 0.1) is 12.2 Å². The average molecular weight is 156 g/mol. The second kappa shape index (κ2) is 5.17. The lowest BCUT2D eigenvalue weighted by molar-refractivity contribution is -0.0214. The van der Waals surface area contributed by atoms with Gasteiger partial charge in [-0.15, -0.1) is 11.8 Å². The minimum Gasteiger partial charge on any atom is -0.388 e. The molecule has 1 atom stereocenters. The Morgan fingerprint density at radius 3 is 2.64 bits per heavy atom. The maximum absolute atomic E-state index is 9.55. The van der Waals surface area contributed by atoms with E-state index in [1.54, 1.807) is 21.0 Å². The topological polar surface area (TPSA) is 29.5 Å². The van der Waals surface area contributed by atoms with Gasteiger partial charge in [0.25, 0.3) is 0 Å². The summed E-state index contributed by atoms with van der Waals surface area (Å²) in [5.74, 6) is 5.68. The number of aliphatic hydroxyl groups is 1. The van der Waals surface area contributed by atoms with Crippen molar-refractivity contribution in [2.45, 2.75) is 32.3 Å². The van der Waals surface area contributed by atoms with Crippen LogP contribution < -0.4 is 0 Å². The zero-order chi connectivity index (χ0) is 8.74. The number of ether oxygens (including phenoxy) is 1. The molecule has 0 saturated heterocycles. The lowest BCUT2D eigenvalue weighted by Crippen LogP contribution is -2.29. The highest BCUT2D eigenvalue weighted by atomic mass is 16.5. The molecule has 0 aromatic carbocycles. The normalized spacial score (nSPS) is 14.9. The van der Waals surface area contributed by atoms with Crippen LogP contribution >= 0.6 is 0 Å². The summed E-state index contributed by atoms with van der Waals surface area (Å²) in [6.45, 7) is 3.93. The first-order valence-corrected chi connectivity index (χ1v) is 3.73. The maximum Gasteiger partial charge on any atom is 0.0861 e. The van der Waals surface area contributed by atoms with Gasteiger partial charge in [-0.3, -0.25) is 0 Å². The fraction of sp³-hybridized carbons (Fsp3) is 0.778. The summed E-state index contributed by atoms with van der Waals surface area (Å²) in [5, 5.41) is 9.55. The third-order valence-electron chi connectivity index (χ3n) is 1.42. The third kappa shape index (κ3) is 5.90. The van der Waals surface area contributed by atoms with Crippen LogP contribution in [0, 0.1) is 11.8 Å². The first-order chi connectivity index (χ1) is 5.12. The summed E-state index contributed by atoms with van der Waals surface area (Å²) in [5.41, 5.74) is -0.724. The molecule has 2 nitrogen and oxygen atoms in total. The molecule has 0 aromatic rings. The number of methoxy groups -OCH3 is 1. The van der Waals surface area contributed by atoms with Crippen LogP contribution in [0.1, 0.15) is 26.7 Å². The van der Waals surface area contributed by atoms with Crippen molar-refractivity contribution >= 4 is 0 Å². The average Bonchev–Trinajstić information content (AvgIpc) is 1.87. The van der Waals surface area contributed by atoms with Gasteiger partial charge in [-0.25, -0.2) is 0 Å². The van der Waals surface area contributed by atoms with Crippen molar-refractivity contribution in [3.8, 4) is 11.8 Å². The van der Waals surface area contributed by atoms with Crippen LogP contribution in [0.4, 0.5) is 0 Å². The van der Waals surface area contributed by atoms with Crippen molar-refractivity contribution in [2.24, 2.45) is 0 Å². The number of rotatable bonds is 4. The van der Waals surface area contributed by atoms with E-state index in [2.05, 4.69) is 11.8 Å². The number of hydrogen-bond donors (Lipinski definition) is 1. The maximum atomic E-state index is 9.55. The molecule has 0 aliphatic rings. The fourth-order valence-corrected chi connectivity index (χ4v) is 0.840. The Bertz CT molecular complexity index is 151. The molecule has 1 unspecified atom stereocenters. The fourth-order valence-electron chi connectivity index (χ4n) is 0.840. The van der Waals surface area contributed by atoms with Crippen LogP contribution in [0.2, 0.25) is 0 Å². The monoisotopic (exact) mass is 156 g/mol. The van der Waals surface area contributed by atoms with Gasteiger partial charge in [-0.05, 0) is 20.3 Å². The molecule has 0 saturated carbocycles. The van der Waals surface area contributed by atoms with E-state index in [0.717, 1.165) is 6.42 Å². The highest BCUT2D eigenvalue weighted by Crippen LogP contribution is 2.10. The van der Waals surface area contributed by atoms with Gasteiger partial charge in [0, 0.05) is 13.5 Å². The molecule has 0 bridgehead atoms. The summed E-state index contributed by atoms with van der Waals surface area (Å²) < 4.78 is 4.84. The van der Waals surface area contributed by atoms with Crippen molar-refractivity contribution in [2.75, 3.05) is 13.7 Å². The van der Waals surface area contributed by atoms with Crippen LogP contribution in [0.25, 0.3) is 0 Å². The molecular formula is C9H16O2. The van der Waals surface area contributed by atoms with Gasteiger partial charge in [-0.1, -0.05) is 0 Å². The van der Waals surface area contributed by atoms with E-state index in [9.17, 15) is 5.11 Å². The second-order valence-corrected chi connectivity index (χ2v) is 2.86. The molecule has 0 aliphatic heterocycles. The molecule has 0 aromatic heterocycles. The van der Waals surface area contributed by atoms with E-state index < -0.39 is 5.60 Å². The van der Waals surface area contributed by atoms with Gasteiger partial charge >= 0.3 is 0 Å². The van der Waals surface area contributed by atoms with Crippen LogP contribution in [0.5, 0.6) is 0 Å². The lowest BCUT2D eigenvalue weighted by atomic mass is 10.0. The zero-order valence-electron chi connectivity index (χ0n) is 7.48. The molecule has 0 aliphatic carbocycles. The molecule has 0 fully saturated rings. The molecule has 11 heavy (non-hydrogen) atoms. The number of hydrogen-bond acceptors (Lipinski definition) is 2. The quantitative estimate of drug-likeness (QED) is 0.619. The van der Waals surface area contributed by atoms with Crippen molar-refractivity contribution in [1.82, 2.24) is 0 Å². The first-order valence-electron chi connectivity index (χ1n) is 3.73. The lowest BCUT2D eigenvalue weighted by Gasteiger charge is -2.20. The summed E-state index contributed by atoms with van der Waals surface area (Å²) in [6.07, 6.45) is 1.40. The predicted octanol–water partition coefficient (Wildman–Crippen LogP) is 1.19. The van der Waals surface area contributed by atoms with Crippen molar-refractivity contribution < 1.29 is 9.84 Å². The Labute approximate surface area is 68.6 Å². The molecule has 64 valence electrons. The van der Waals surface area contributed by atoms with E-state index >= 15 is 0 Å². The standard InChI is InChI=1S/C9H16O2/c1-4-5-6-7-9(2,10)8-11-3/h10H,6-8H2,1-3H3. The van der Waals surface area contributed by atoms with Crippen LogP contribution in [0.15, 0.2) is 0 Å². The summed E-state index contributed by atoms with van der Waals surface area (Å²) in [7, 11) is 1.58. The molecule has 0 heterocycles. The Morgan fingerprint density at radius 2 is 2.18 bits per heavy atom. The van der Waals surface area contributed by atoms with Crippen LogP contribution in [0.3, 0.4) is 0 Å². The van der Waals surface area contributed by atoms with Crippen LogP contribution in [-0.2, 0) is 4.74 Å². The van der Waals surface area contributed by atoms with E-state index in [4.69, 9.17) is 4.74 Å². The first kappa shape index (κ1) is 10.5. The molecule has 2 heteroatoms. The Morgan fingerprint density at radius 1 is 1.55 bits per heavy atom. The van der Waals surface area contributed by atoms with Gasteiger partial charge in [0.1, 0.15) is 0 Å². The minimum absolute atomic E-state index is 0.373. The minimum atomic E-state index is -0.724. The van der Waals surface area contributed by atoms with Crippen LogP contribution in [-0.4, -0.2) is 24.4 Å². The Kier molecular flexibility index (Phi) is 4.93. The zero-order valence-corrected chi connectivity index (χ0v) is 7.48. The van der Waals surface area contributed by atoms with Gasteiger partial charge in [0.2, 0.25) is 0 Å². The highest BCUT2D eigenvalue weighted by Gasteiger charge is 2.18. The van der Waals surface area contributed by atoms with E-state index in [-0.39, 0.29) is 0 Å². The highest BCUT2D eigenvalue weighted by molar-refractivity contribution is 4.96. The smallest absolute Gasteiger partial charge is 0.0861 e. The summed E-state index contributed by atoms with van der Waals surface area (Å²) in [4.78, 5) is 0. The largest absolute Gasteiger partial charge is 0.388 e. The SMILES string of the molecule is CC#CCCC(C)(O)COC. The molecule has 0 spiro atoms. The molecule has 1 N–H and O–H groups in total. The van der Waals surface area contributed by atoms with Crippen molar-refractivity contribution in [1.29, 1.82) is 0 Å². The Hall–Kier alpha value is -0.520. The second-order valence-electron chi connectivity index (χ2n) is 2.86. The van der Waals surface area contributed by atoms with E-state index in [1.807, 2.05) is 0 Å². The molecule has 0 rings (SSSR count). The van der Waals surface area contributed by atoms with Gasteiger partial charge < -0.3 is 9.84 Å². The van der Waals surface area contributed by atoms with Gasteiger partial charge in [0.15, 0.2) is 0 Å².